The second-order valence-corrected chi connectivity index (χ2v) is 5.16. The topological polar surface area (TPSA) is 99.7 Å². The van der Waals surface area contributed by atoms with Crippen LogP contribution in [0.3, 0.4) is 0 Å². The van der Waals surface area contributed by atoms with Gasteiger partial charge in [0.15, 0.2) is 0 Å². The lowest BCUT2D eigenvalue weighted by Gasteiger charge is -2.35. The molecule has 2 N–H and O–H groups in total. The van der Waals surface area contributed by atoms with Crippen LogP contribution in [-0.4, -0.2) is 52.7 Å². The molecule has 0 radical (unpaired) electrons. The largest absolute Gasteiger partial charge is 0.481 e. The van der Waals surface area contributed by atoms with Gasteiger partial charge in [-0.2, -0.15) is 0 Å². The summed E-state index contributed by atoms with van der Waals surface area (Å²) in [6.45, 7) is 4.22. The number of carbonyl (C=O) groups excluding carboxylic acids is 1. The molecule has 1 aromatic heterocycles. The maximum absolute atomic E-state index is 12.6. The number of morpholine rings is 1. The zero-order valence-electron chi connectivity index (χ0n) is 12.0. The molecule has 1 unspecified atom stereocenters. The van der Waals surface area contributed by atoms with Crippen LogP contribution in [0.5, 0.6) is 0 Å². The third kappa shape index (κ3) is 3.30. The molecule has 1 aromatic rings. The number of carboxylic acid groups (broad SMARTS) is 1. The number of aliphatic carboxylic acids is 1. The summed E-state index contributed by atoms with van der Waals surface area (Å²) in [5.74, 6) is -1.44. The molecular formula is C14H18N2O5. The minimum absolute atomic E-state index is 0.0675. The van der Waals surface area contributed by atoms with Crippen molar-refractivity contribution in [2.45, 2.75) is 26.3 Å². The Morgan fingerprint density at radius 3 is 2.81 bits per heavy atom. The van der Waals surface area contributed by atoms with Crippen molar-refractivity contribution < 1.29 is 19.4 Å². The van der Waals surface area contributed by atoms with Gasteiger partial charge in [-0.15, -0.1) is 0 Å². The maximum atomic E-state index is 12.6. The average molecular weight is 294 g/mol. The van der Waals surface area contributed by atoms with Crippen LogP contribution < -0.4 is 5.56 Å². The van der Waals surface area contributed by atoms with E-state index in [4.69, 9.17) is 9.84 Å². The molecule has 1 aliphatic heterocycles. The summed E-state index contributed by atoms with van der Waals surface area (Å²) in [5.41, 5.74) is 0.885. The second-order valence-electron chi connectivity index (χ2n) is 5.16. The van der Waals surface area contributed by atoms with Crippen molar-refractivity contribution in [1.29, 1.82) is 0 Å². The van der Waals surface area contributed by atoms with Gasteiger partial charge in [0, 0.05) is 12.2 Å². The minimum Gasteiger partial charge on any atom is -0.481 e. The first kappa shape index (κ1) is 15.2. The van der Waals surface area contributed by atoms with Crippen LogP contribution in [0.2, 0.25) is 0 Å². The van der Waals surface area contributed by atoms with Crippen LogP contribution in [0.15, 0.2) is 10.9 Å². The summed E-state index contributed by atoms with van der Waals surface area (Å²) in [4.78, 5) is 39.5. The zero-order valence-corrected chi connectivity index (χ0v) is 12.0. The van der Waals surface area contributed by atoms with Crippen molar-refractivity contribution >= 4 is 11.9 Å². The quantitative estimate of drug-likeness (QED) is 0.835. The molecule has 1 amide bonds. The number of carboxylic acids is 1. The summed E-state index contributed by atoms with van der Waals surface area (Å²) in [5, 5.41) is 8.92. The lowest BCUT2D eigenvalue weighted by atomic mass is 10.1. The van der Waals surface area contributed by atoms with E-state index in [2.05, 4.69) is 4.98 Å². The third-order valence-corrected chi connectivity index (χ3v) is 3.48. The standard InChI is InChI=1S/C14H18N2O5/c1-8-5-9(2)15-13(19)12(8)14(20)16-3-4-21-7-10(16)6-11(17)18/h5,10H,3-4,6-7H2,1-2H3,(H,15,19)(H,17,18). The lowest BCUT2D eigenvalue weighted by Crippen LogP contribution is -2.50. The van der Waals surface area contributed by atoms with Crippen molar-refractivity contribution in [1.82, 2.24) is 9.88 Å². The minimum atomic E-state index is -1.00. The predicted octanol–water partition coefficient (Wildman–Crippen LogP) is 0.307. The van der Waals surface area contributed by atoms with Crippen LogP contribution in [0, 0.1) is 13.8 Å². The number of aryl methyl sites for hydroxylation is 2. The molecule has 7 nitrogen and oxygen atoms in total. The average Bonchev–Trinajstić information content (AvgIpc) is 2.37. The zero-order chi connectivity index (χ0) is 15.6. The Morgan fingerprint density at radius 2 is 2.19 bits per heavy atom. The number of amides is 1. The van der Waals surface area contributed by atoms with Gasteiger partial charge in [-0.3, -0.25) is 14.4 Å². The van der Waals surface area contributed by atoms with E-state index in [0.29, 0.717) is 17.9 Å². The predicted molar refractivity (Wildman–Crippen MR) is 74.4 cm³/mol. The van der Waals surface area contributed by atoms with Gasteiger partial charge in [0.05, 0.1) is 25.7 Å². The van der Waals surface area contributed by atoms with Gasteiger partial charge in [-0.25, -0.2) is 0 Å². The maximum Gasteiger partial charge on any atom is 0.305 e. The molecule has 114 valence electrons. The molecule has 1 saturated heterocycles. The molecule has 2 rings (SSSR count). The van der Waals surface area contributed by atoms with Gasteiger partial charge in [-0.1, -0.05) is 0 Å². The van der Waals surface area contributed by atoms with Gasteiger partial charge in [0.2, 0.25) is 0 Å². The SMILES string of the molecule is Cc1cc(C)c(C(=O)N2CCOCC2CC(=O)O)c(=O)[nH]1. The fourth-order valence-electron chi connectivity index (χ4n) is 2.56. The summed E-state index contributed by atoms with van der Waals surface area (Å²) in [6, 6.07) is 1.17. The number of H-pyrrole nitrogens is 1. The van der Waals surface area contributed by atoms with E-state index in [9.17, 15) is 14.4 Å². The van der Waals surface area contributed by atoms with Crippen molar-refractivity contribution in [3.8, 4) is 0 Å². The van der Waals surface area contributed by atoms with Crippen LogP contribution in [-0.2, 0) is 9.53 Å². The molecule has 2 heterocycles. The van der Waals surface area contributed by atoms with Crippen LogP contribution in [0.1, 0.15) is 28.0 Å². The van der Waals surface area contributed by atoms with E-state index in [1.807, 2.05) is 0 Å². The number of ether oxygens (including phenoxy) is 1. The van der Waals surface area contributed by atoms with Crippen molar-refractivity contribution in [2.75, 3.05) is 19.8 Å². The molecule has 0 aliphatic carbocycles. The Labute approximate surface area is 121 Å². The molecule has 0 saturated carbocycles. The van der Waals surface area contributed by atoms with E-state index in [0.717, 1.165) is 0 Å². The van der Waals surface area contributed by atoms with Crippen molar-refractivity contribution in [3.05, 3.63) is 33.2 Å². The highest BCUT2D eigenvalue weighted by Crippen LogP contribution is 2.15. The number of nitrogens with zero attached hydrogens (tertiary/aromatic N) is 1. The smallest absolute Gasteiger partial charge is 0.305 e. The van der Waals surface area contributed by atoms with Gasteiger partial charge >= 0.3 is 5.97 Å². The van der Waals surface area contributed by atoms with Crippen molar-refractivity contribution in [3.63, 3.8) is 0 Å². The summed E-state index contributed by atoms with van der Waals surface area (Å²) < 4.78 is 5.24. The number of rotatable bonds is 3. The number of aromatic nitrogens is 1. The van der Waals surface area contributed by atoms with E-state index in [1.165, 1.54) is 4.90 Å². The van der Waals surface area contributed by atoms with Gasteiger partial charge in [-0.05, 0) is 25.5 Å². The highest BCUT2D eigenvalue weighted by atomic mass is 16.5. The summed E-state index contributed by atoms with van der Waals surface area (Å²) in [7, 11) is 0. The lowest BCUT2D eigenvalue weighted by molar-refractivity contribution is -0.139. The van der Waals surface area contributed by atoms with Gasteiger partial charge in [0.25, 0.3) is 11.5 Å². The van der Waals surface area contributed by atoms with Crippen molar-refractivity contribution in [2.24, 2.45) is 0 Å². The van der Waals surface area contributed by atoms with Crippen LogP contribution >= 0.6 is 0 Å². The highest BCUT2D eigenvalue weighted by Gasteiger charge is 2.31. The molecule has 21 heavy (non-hydrogen) atoms. The first-order valence-corrected chi connectivity index (χ1v) is 6.71. The Morgan fingerprint density at radius 1 is 1.48 bits per heavy atom. The number of aromatic amines is 1. The van der Waals surface area contributed by atoms with Crippen LogP contribution in [0.4, 0.5) is 0 Å². The summed E-state index contributed by atoms with van der Waals surface area (Å²) in [6.07, 6.45) is -0.200. The van der Waals surface area contributed by atoms with Gasteiger partial charge in [0.1, 0.15) is 5.56 Å². The molecule has 1 aliphatic rings. The Kier molecular flexibility index (Phi) is 4.42. The summed E-state index contributed by atoms with van der Waals surface area (Å²) >= 11 is 0. The number of nitrogens with one attached hydrogen (secondary N) is 1. The first-order valence-electron chi connectivity index (χ1n) is 6.71. The first-order chi connectivity index (χ1) is 9.90. The van der Waals surface area contributed by atoms with E-state index >= 15 is 0 Å². The Balaban J connectivity index is 2.33. The monoisotopic (exact) mass is 294 g/mol. The van der Waals surface area contributed by atoms with Crippen LogP contribution in [0.25, 0.3) is 0 Å². The number of hydrogen-bond donors (Lipinski definition) is 2. The van der Waals surface area contributed by atoms with E-state index in [1.54, 1.807) is 19.9 Å². The molecule has 0 bridgehead atoms. The molecule has 0 spiro atoms. The Bertz CT molecular complexity index is 622. The van der Waals surface area contributed by atoms with E-state index in [-0.39, 0.29) is 25.1 Å². The highest BCUT2D eigenvalue weighted by molar-refractivity contribution is 5.95. The second kappa shape index (κ2) is 6.09. The number of pyridine rings is 1. The molecule has 0 aromatic carbocycles. The van der Waals surface area contributed by atoms with Gasteiger partial charge < -0.3 is 19.7 Å². The third-order valence-electron chi connectivity index (χ3n) is 3.48. The molecule has 1 atom stereocenters. The fraction of sp³-hybridized carbons (Fsp3) is 0.500. The molecular weight excluding hydrogens is 276 g/mol. The molecule has 7 heteroatoms. The number of hydrogen-bond acceptors (Lipinski definition) is 4. The molecule has 1 fully saturated rings. The normalized spacial score (nSPS) is 18.6. The number of carbonyl (C=O) groups is 2. The van der Waals surface area contributed by atoms with E-state index < -0.39 is 23.5 Å². The fourth-order valence-corrected chi connectivity index (χ4v) is 2.56. The Hall–Kier alpha value is -2.15.